The predicted octanol–water partition coefficient (Wildman–Crippen LogP) is 7.27. The minimum atomic E-state index is -0.450. The van der Waals surface area contributed by atoms with Gasteiger partial charge in [-0.1, -0.05) is 48.5 Å². The Kier molecular flexibility index (Phi) is 6.55. The summed E-state index contributed by atoms with van der Waals surface area (Å²) in [6.07, 6.45) is 0. The van der Waals surface area contributed by atoms with Crippen molar-refractivity contribution in [1.82, 2.24) is 0 Å². The van der Waals surface area contributed by atoms with Gasteiger partial charge in [0.05, 0.1) is 13.2 Å². The van der Waals surface area contributed by atoms with E-state index in [0.717, 1.165) is 11.1 Å². The van der Waals surface area contributed by atoms with Gasteiger partial charge in [-0.05, 0) is 59.7 Å². The summed E-state index contributed by atoms with van der Waals surface area (Å²) in [7, 11) is 0. The van der Waals surface area contributed by atoms with Crippen molar-refractivity contribution in [2.75, 3.05) is 0 Å². The highest BCUT2D eigenvalue weighted by Gasteiger charge is 2.09. The fraction of sp³-hybridized carbons (Fsp3) is 0.0769. The van der Waals surface area contributed by atoms with Gasteiger partial charge in [-0.15, -0.1) is 0 Å². The molecule has 0 bridgehead atoms. The van der Waals surface area contributed by atoms with E-state index in [-0.39, 0.29) is 24.7 Å². The normalized spacial score (nSPS) is 10.6. The fourth-order valence-corrected chi connectivity index (χ4v) is 2.95. The molecule has 0 fully saturated rings. The molecule has 0 aliphatic rings. The zero-order valence-electron chi connectivity index (χ0n) is 16.6. The minimum absolute atomic E-state index is 0.132. The Balaban J connectivity index is 1.38. The van der Waals surface area contributed by atoms with Crippen LogP contribution in [0.3, 0.4) is 0 Å². The lowest BCUT2D eigenvalue weighted by Gasteiger charge is -2.11. The Morgan fingerprint density at radius 3 is 1.35 bits per heavy atom. The van der Waals surface area contributed by atoms with Crippen LogP contribution < -0.4 is 9.47 Å². The van der Waals surface area contributed by atoms with Gasteiger partial charge in [-0.2, -0.15) is 0 Å². The first-order valence-electron chi connectivity index (χ1n) is 9.78. The summed E-state index contributed by atoms with van der Waals surface area (Å²) in [6, 6.07) is 27.2. The molecule has 3 nitrogen and oxygen atoms in total. The lowest BCUT2D eigenvalue weighted by Crippen LogP contribution is -1.97. The Labute approximate surface area is 179 Å². The van der Waals surface area contributed by atoms with Gasteiger partial charge < -0.3 is 14.2 Å². The van der Waals surface area contributed by atoms with Gasteiger partial charge in [0.1, 0.15) is 11.5 Å². The molecule has 0 atom stereocenters. The lowest BCUT2D eigenvalue weighted by atomic mass is 10.2. The third-order valence-electron chi connectivity index (χ3n) is 4.47. The molecule has 0 saturated carbocycles. The summed E-state index contributed by atoms with van der Waals surface area (Å²) in [5, 5.41) is 0. The quantitative estimate of drug-likeness (QED) is 0.301. The monoisotopic (exact) mass is 418 g/mol. The molecule has 0 aromatic heterocycles. The Bertz CT molecular complexity index is 1040. The molecule has 0 unspecified atom stereocenters. The summed E-state index contributed by atoms with van der Waals surface area (Å²) in [5.74, 6) is 0.469. The molecule has 0 aliphatic carbocycles. The van der Waals surface area contributed by atoms with Crippen molar-refractivity contribution in [3.8, 4) is 23.0 Å². The average molecular weight is 418 g/mol. The molecule has 31 heavy (non-hydrogen) atoms. The maximum absolute atomic E-state index is 14.1. The van der Waals surface area contributed by atoms with Crippen LogP contribution in [0, 0.1) is 11.6 Å². The van der Waals surface area contributed by atoms with Crippen LogP contribution in [0.1, 0.15) is 11.1 Å². The van der Waals surface area contributed by atoms with Crippen molar-refractivity contribution in [2.45, 2.75) is 13.2 Å². The van der Waals surface area contributed by atoms with Crippen molar-refractivity contribution in [2.24, 2.45) is 0 Å². The molecule has 0 amide bonds. The summed E-state index contributed by atoms with van der Waals surface area (Å²) in [6.45, 7) is 0.495. The molecular formula is C26H20F2O3. The topological polar surface area (TPSA) is 27.7 Å². The highest BCUT2D eigenvalue weighted by atomic mass is 19.1. The van der Waals surface area contributed by atoms with Crippen molar-refractivity contribution in [3.63, 3.8) is 0 Å². The maximum atomic E-state index is 14.1. The third-order valence-corrected chi connectivity index (χ3v) is 4.47. The highest BCUT2D eigenvalue weighted by Crippen LogP contribution is 2.27. The third kappa shape index (κ3) is 5.68. The van der Waals surface area contributed by atoms with Crippen molar-refractivity contribution in [1.29, 1.82) is 0 Å². The summed E-state index contributed by atoms with van der Waals surface area (Å²) < 4.78 is 45.1. The number of benzene rings is 4. The van der Waals surface area contributed by atoms with Crippen LogP contribution in [0.4, 0.5) is 8.78 Å². The number of hydrogen-bond acceptors (Lipinski definition) is 3. The van der Waals surface area contributed by atoms with E-state index < -0.39 is 11.6 Å². The zero-order valence-corrected chi connectivity index (χ0v) is 16.6. The molecule has 0 aliphatic heterocycles. The molecule has 0 heterocycles. The van der Waals surface area contributed by atoms with E-state index in [1.54, 1.807) is 48.5 Å². The van der Waals surface area contributed by atoms with Crippen LogP contribution in [0.25, 0.3) is 0 Å². The molecule has 4 rings (SSSR count). The first kappa shape index (κ1) is 20.6. The number of ether oxygens (including phenoxy) is 3. The van der Waals surface area contributed by atoms with Crippen LogP contribution in [0.15, 0.2) is 97.1 Å². The van der Waals surface area contributed by atoms with Crippen LogP contribution >= 0.6 is 0 Å². The number of halogens is 2. The summed E-state index contributed by atoms with van der Waals surface area (Å²) in [5.41, 5.74) is 1.52. The first-order valence-corrected chi connectivity index (χ1v) is 9.78. The minimum Gasteiger partial charge on any atom is -0.454 e. The number of hydrogen-bond donors (Lipinski definition) is 0. The van der Waals surface area contributed by atoms with E-state index in [0.29, 0.717) is 11.5 Å². The summed E-state index contributed by atoms with van der Waals surface area (Å²) >= 11 is 0. The second kappa shape index (κ2) is 9.87. The van der Waals surface area contributed by atoms with E-state index in [2.05, 4.69) is 0 Å². The van der Waals surface area contributed by atoms with Crippen LogP contribution in [-0.4, -0.2) is 0 Å². The largest absolute Gasteiger partial charge is 0.454 e. The Morgan fingerprint density at radius 1 is 0.516 bits per heavy atom. The Hall–Kier alpha value is -3.70. The molecule has 0 radical (unpaired) electrons. The molecule has 0 spiro atoms. The van der Waals surface area contributed by atoms with Gasteiger partial charge >= 0.3 is 0 Å². The first-order chi connectivity index (χ1) is 15.2. The van der Waals surface area contributed by atoms with Gasteiger partial charge in [0.2, 0.25) is 0 Å². The Morgan fingerprint density at radius 2 is 0.935 bits per heavy atom. The van der Waals surface area contributed by atoms with E-state index in [9.17, 15) is 8.78 Å². The van der Waals surface area contributed by atoms with Gasteiger partial charge in [0.25, 0.3) is 0 Å². The number of rotatable bonds is 8. The van der Waals surface area contributed by atoms with Crippen molar-refractivity contribution < 1.29 is 23.0 Å². The highest BCUT2D eigenvalue weighted by molar-refractivity contribution is 5.36. The molecule has 0 N–H and O–H groups in total. The zero-order chi connectivity index (χ0) is 21.5. The SMILES string of the molecule is Fc1ccc(COCc2ccc(F)c(Oc3ccccc3)c2)cc1Oc1ccccc1. The molecule has 156 valence electrons. The molecule has 4 aromatic rings. The van der Waals surface area contributed by atoms with E-state index in [1.165, 1.54) is 12.1 Å². The number of para-hydroxylation sites is 2. The van der Waals surface area contributed by atoms with E-state index in [4.69, 9.17) is 14.2 Å². The fourth-order valence-electron chi connectivity index (χ4n) is 2.95. The van der Waals surface area contributed by atoms with Gasteiger partial charge in [0.15, 0.2) is 23.1 Å². The molecule has 0 saturated heterocycles. The van der Waals surface area contributed by atoms with Crippen molar-refractivity contribution >= 4 is 0 Å². The van der Waals surface area contributed by atoms with E-state index in [1.807, 2.05) is 36.4 Å². The van der Waals surface area contributed by atoms with Crippen LogP contribution in [-0.2, 0) is 18.0 Å². The van der Waals surface area contributed by atoms with Crippen LogP contribution in [0.2, 0.25) is 0 Å². The molecule has 4 aromatic carbocycles. The average Bonchev–Trinajstić information content (AvgIpc) is 2.79. The van der Waals surface area contributed by atoms with Gasteiger partial charge in [0, 0.05) is 0 Å². The van der Waals surface area contributed by atoms with Crippen molar-refractivity contribution in [3.05, 3.63) is 120 Å². The maximum Gasteiger partial charge on any atom is 0.165 e. The molecular weight excluding hydrogens is 398 g/mol. The lowest BCUT2D eigenvalue weighted by molar-refractivity contribution is 0.107. The standard InChI is InChI=1S/C26H20F2O3/c27-23-13-11-19(15-25(23)30-21-7-3-1-4-8-21)17-29-18-20-12-14-24(28)26(16-20)31-22-9-5-2-6-10-22/h1-16H,17-18H2. The smallest absolute Gasteiger partial charge is 0.165 e. The second-order valence-corrected chi connectivity index (χ2v) is 6.85. The van der Waals surface area contributed by atoms with Gasteiger partial charge in [-0.3, -0.25) is 0 Å². The van der Waals surface area contributed by atoms with Gasteiger partial charge in [-0.25, -0.2) is 8.78 Å². The molecule has 5 heteroatoms. The summed E-state index contributed by atoms with van der Waals surface area (Å²) in [4.78, 5) is 0. The predicted molar refractivity (Wildman–Crippen MR) is 114 cm³/mol. The van der Waals surface area contributed by atoms with E-state index >= 15 is 0 Å². The second-order valence-electron chi connectivity index (χ2n) is 6.85. The van der Waals surface area contributed by atoms with Crippen LogP contribution in [0.5, 0.6) is 23.0 Å².